The van der Waals surface area contributed by atoms with Gasteiger partial charge < -0.3 is 4.74 Å². The summed E-state index contributed by atoms with van der Waals surface area (Å²) in [5.74, 6) is 14.6. The largest absolute Gasteiger partial charge is 0.497 e. The zero-order valence-corrected chi connectivity index (χ0v) is 21.3. The Balaban J connectivity index is 1.50. The molecule has 0 saturated heterocycles. The van der Waals surface area contributed by atoms with Gasteiger partial charge in [0, 0.05) is 46.0 Å². The second kappa shape index (κ2) is 11.0. The summed E-state index contributed by atoms with van der Waals surface area (Å²) in [6.45, 7) is 4.23. The van der Waals surface area contributed by atoms with Gasteiger partial charge in [-0.1, -0.05) is 59.6 Å². The van der Waals surface area contributed by atoms with E-state index in [0.29, 0.717) is 0 Å². The summed E-state index contributed by atoms with van der Waals surface area (Å²) >= 11 is 0. The first kappa shape index (κ1) is 24.1. The van der Waals surface area contributed by atoms with E-state index in [1.807, 2.05) is 61.0 Å². The van der Waals surface area contributed by atoms with Crippen LogP contribution in [0, 0.1) is 36.5 Å². The number of aliphatic imine (C=N–C) groups is 1. The second-order valence-corrected chi connectivity index (χ2v) is 9.24. The van der Waals surface area contributed by atoms with Crippen LogP contribution in [0.1, 0.15) is 34.7 Å². The fourth-order valence-corrected chi connectivity index (χ4v) is 4.47. The quantitative estimate of drug-likeness (QED) is 0.311. The van der Waals surface area contributed by atoms with E-state index >= 15 is 0 Å². The number of fused-ring (bicyclic) bond motifs is 1. The Morgan fingerprint density at radius 2 is 1.54 bits per heavy atom. The lowest BCUT2D eigenvalue weighted by atomic mass is 9.84. The molecule has 4 aromatic rings. The Bertz CT molecular complexity index is 1600. The van der Waals surface area contributed by atoms with Gasteiger partial charge in [0.1, 0.15) is 5.75 Å². The molecule has 2 heterocycles. The topological polar surface area (TPSA) is 34.5 Å². The van der Waals surface area contributed by atoms with E-state index < -0.39 is 0 Å². The van der Waals surface area contributed by atoms with E-state index in [0.717, 1.165) is 50.9 Å². The van der Waals surface area contributed by atoms with Crippen molar-refractivity contribution in [1.82, 2.24) is 4.98 Å². The number of para-hydroxylation sites is 1. The molecule has 5 rings (SSSR count). The van der Waals surface area contributed by atoms with Crippen molar-refractivity contribution in [3.8, 4) is 29.4 Å². The molecule has 0 bridgehead atoms. The lowest BCUT2D eigenvalue weighted by Gasteiger charge is -2.24. The lowest BCUT2D eigenvalue weighted by Crippen LogP contribution is -2.23. The van der Waals surface area contributed by atoms with Crippen LogP contribution in [-0.4, -0.2) is 24.4 Å². The third-order valence-electron chi connectivity index (χ3n) is 6.68. The number of nitrogens with zero attached hydrogens (tertiary/aromatic N) is 2. The highest BCUT2D eigenvalue weighted by atomic mass is 16.5. The molecule has 0 spiro atoms. The number of aromatic nitrogens is 1. The van der Waals surface area contributed by atoms with Crippen LogP contribution in [0.25, 0.3) is 10.9 Å². The molecule has 1 aliphatic rings. The average molecular weight is 481 g/mol. The lowest BCUT2D eigenvalue weighted by molar-refractivity contribution is 0.415. The molecule has 37 heavy (non-hydrogen) atoms. The minimum absolute atomic E-state index is 0.106. The summed E-state index contributed by atoms with van der Waals surface area (Å²) < 4.78 is 5.26. The summed E-state index contributed by atoms with van der Waals surface area (Å²) in [4.78, 5) is 9.45. The molecule has 2 atom stereocenters. The van der Waals surface area contributed by atoms with Gasteiger partial charge >= 0.3 is 0 Å². The number of aryl methyl sites for hydroxylation is 1. The van der Waals surface area contributed by atoms with Crippen LogP contribution in [0.5, 0.6) is 5.75 Å². The number of pyridine rings is 1. The zero-order valence-electron chi connectivity index (χ0n) is 21.3. The number of dihydropyridines is 1. The molecule has 0 fully saturated rings. The predicted octanol–water partition coefficient (Wildman–Crippen LogP) is 6.56. The summed E-state index contributed by atoms with van der Waals surface area (Å²) in [6, 6.07) is 24.5. The second-order valence-electron chi connectivity index (χ2n) is 9.24. The molecule has 1 aliphatic heterocycles. The molecule has 2 unspecified atom stereocenters. The van der Waals surface area contributed by atoms with Gasteiger partial charge in [0.2, 0.25) is 0 Å². The summed E-state index contributed by atoms with van der Waals surface area (Å²) in [7, 11) is 1.67. The fraction of sp³-hybridized carbons (Fsp3) is 0.176. The molecular weight excluding hydrogens is 452 g/mol. The minimum atomic E-state index is 0.106. The van der Waals surface area contributed by atoms with Crippen LogP contribution in [0.15, 0.2) is 95.6 Å². The highest BCUT2D eigenvalue weighted by Crippen LogP contribution is 2.29. The van der Waals surface area contributed by atoms with Gasteiger partial charge in [-0.2, -0.15) is 0 Å². The van der Waals surface area contributed by atoms with Crippen molar-refractivity contribution in [2.24, 2.45) is 10.9 Å². The molecular formula is C34H28N2O. The van der Waals surface area contributed by atoms with Gasteiger partial charge in [-0.05, 0) is 74.4 Å². The van der Waals surface area contributed by atoms with Gasteiger partial charge in [-0.3, -0.25) is 9.98 Å². The molecule has 0 radical (unpaired) electrons. The third-order valence-corrected chi connectivity index (χ3v) is 6.68. The number of allylic oxidation sites excluding steroid dienone is 1. The van der Waals surface area contributed by atoms with Crippen molar-refractivity contribution in [3.63, 3.8) is 0 Å². The Morgan fingerprint density at radius 3 is 2.30 bits per heavy atom. The number of benzene rings is 3. The molecule has 180 valence electrons. The highest BCUT2D eigenvalue weighted by Gasteiger charge is 2.24. The van der Waals surface area contributed by atoms with Crippen molar-refractivity contribution in [2.45, 2.75) is 26.3 Å². The monoisotopic (exact) mass is 480 g/mol. The summed E-state index contributed by atoms with van der Waals surface area (Å²) in [5, 5.41) is 1.07. The Morgan fingerprint density at radius 1 is 0.838 bits per heavy atom. The van der Waals surface area contributed by atoms with E-state index in [1.54, 1.807) is 7.11 Å². The molecule has 1 aromatic heterocycles. The molecule has 0 amide bonds. The smallest absolute Gasteiger partial charge is 0.118 e. The Kier molecular flexibility index (Phi) is 7.16. The molecule has 0 saturated carbocycles. The summed E-state index contributed by atoms with van der Waals surface area (Å²) in [6.07, 6.45) is 6.64. The van der Waals surface area contributed by atoms with Crippen LogP contribution in [0.3, 0.4) is 0 Å². The van der Waals surface area contributed by atoms with Gasteiger partial charge in [0.15, 0.2) is 0 Å². The van der Waals surface area contributed by atoms with E-state index in [2.05, 4.69) is 72.9 Å². The Labute approximate surface area is 219 Å². The van der Waals surface area contributed by atoms with Crippen molar-refractivity contribution >= 4 is 17.1 Å². The molecule has 3 aromatic carbocycles. The van der Waals surface area contributed by atoms with E-state index in [4.69, 9.17) is 9.72 Å². The SMILES string of the molecule is COc1ccc(C#CC2=CC=NC(C)C2Cc2cnc3ccccc3c2C#Cc2ccc(C)cc2)cc1. The van der Waals surface area contributed by atoms with Crippen LogP contribution >= 0.6 is 0 Å². The van der Waals surface area contributed by atoms with Gasteiger partial charge in [0.05, 0.1) is 18.7 Å². The van der Waals surface area contributed by atoms with Gasteiger partial charge in [-0.25, -0.2) is 0 Å². The van der Waals surface area contributed by atoms with Crippen LogP contribution < -0.4 is 4.74 Å². The number of ether oxygens (including phenoxy) is 1. The number of rotatable bonds is 3. The Hall–Kier alpha value is -4.60. The van der Waals surface area contributed by atoms with Crippen molar-refractivity contribution in [2.75, 3.05) is 7.11 Å². The average Bonchev–Trinajstić information content (AvgIpc) is 2.93. The first-order valence-corrected chi connectivity index (χ1v) is 12.5. The number of hydrogen-bond acceptors (Lipinski definition) is 3. The van der Waals surface area contributed by atoms with Gasteiger partial charge in [-0.15, -0.1) is 0 Å². The fourth-order valence-electron chi connectivity index (χ4n) is 4.47. The molecule has 0 N–H and O–H groups in total. The first-order valence-electron chi connectivity index (χ1n) is 12.5. The van der Waals surface area contributed by atoms with E-state index in [9.17, 15) is 0 Å². The maximum Gasteiger partial charge on any atom is 0.118 e. The predicted molar refractivity (Wildman–Crippen MR) is 152 cm³/mol. The standard InChI is InChI=1S/C34H28N2O/c1-24-8-10-26(11-9-24)15-19-31-29(23-36-34-7-5-4-6-32(31)34)22-33-25(2)35-21-20-28(33)16-12-27-13-17-30(37-3)18-14-27/h4-11,13-14,17-18,20-21,23,25,33H,22H2,1-3H3. The van der Waals surface area contributed by atoms with E-state index in [1.165, 1.54) is 5.56 Å². The highest BCUT2D eigenvalue weighted by molar-refractivity contribution is 5.86. The zero-order chi connectivity index (χ0) is 25.6. The summed E-state index contributed by atoms with van der Waals surface area (Å²) in [5.41, 5.74) is 7.34. The molecule has 0 aliphatic carbocycles. The van der Waals surface area contributed by atoms with Crippen LogP contribution in [0.2, 0.25) is 0 Å². The molecule has 3 nitrogen and oxygen atoms in total. The third kappa shape index (κ3) is 5.64. The maximum absolute atomic E-state index is 5.26. The van der Waals surface area contributed by atoms with Crippen LogP contribution in [-0.2, 0) is 6.42 Å². The van der Waals surface area contributed by atoms with E-state index in [-0.39, 0.29) is 12.0 Å². The van der Waals surface area contributed by atoms with Gasteiger partial charge in [0.25, 0.3) is 0 Å². The van der Waals surface area contributed by atoms with Crippen molar-refractivity contribution in [1.29, 1.82) is 0 Å². The first-order chi connectivity index (χ1) is 18.1. The number of methoxy groups -OCH3 is 1. The number of hydrogen-bond donors (Lipinski definition) is 0. The minimum Gasteiger partial charge on any atom is -0.497 e. The molecule has 3 heteroatoms. The van der Waals surface area contributed by atoms with Crippen LogP contribution in [0.4, 0.5) is 0 Å². The normalized spacial score (nSPS) is 16.2. The van der Waals surface area contributed by atoms with Crippen molar-refractivity contribution in [3.05, 3.63) is 118 Å². The van der Waals surface area contributed by atoms with Crippen molar-refractivity contribution < 1.29 is 4.74 Å². The maximum atomic E-state index is 5.26.